The number of carbonyl (C=O) groups is 11. The number of likely N-dealkylation sites (N-methyl/N-ethyl adjacent to an activating group) is 6. The van der Waals surface area contributed by atoms with Crippen LogP contribution in [-0.4, -0.2) is 215 Å². The zero-order valence-electron chi connectivity index (χ0n) is 54.4. The molecule has 1 aliphatic heterocycles. The number of carbonyl (C=O) groups excluding carboxylic acids is 11. The standard InChI is InChI=1S/C60H107N11O12/c1-24-26-27-38(15)50(73)49-54(77)63-41(25-2)56(79)66(18)31-45(72)64-46(35(9)10)53(76)65-47(36(11)12)59(82)67(19)42(28-32(3)4)52(75)61-39(16)51(74)62-40(17)55(78)68(20)43(29-33(5)6)57(80)69(21)44(30-34(7)8)58(81)70(22)48(37(13)14)60(83)71(49)23/h24,26,32-44,46-50,73H,25,27-31H2,1-23H3,(H,61,75)(H,62,74)(H,63,77)(H,64,72)(H,65,76)/b26-24+/t38-,39+,40-,41+,42-,43+,44+,46+,47-,48+,49+,50-/m1/s1. The van der Waals surface area contributed by atoms with E-state index in [1.165, 1.54) is 75.7 Å². The van der Waals surface area contributed by atoms with Crippen molar-refractivity contribution in [1.82, 2.24) is 56.0 Å². The fourth-order valence-electron chi connectivity index (χ4n) is 10.3. The Labute approximate surface area is 495 Å². The first-order chi connectivity index (χ1) is 38.3. The van der Waals surface area contributed by atoms with Crippen LogP contribution in [0.15, 0.2) is 12.2 Å². The van der Waals surface area contributed by atoms with Crippen LogP contribution in [-0.2, 0) is 52.7 Å². The monoisotopic (exact) mass is 1170 g/mol. The number of amides is 11. The fraction of sp³-hybridized carbons (Fsp3) is 0.783. The number of aliphatic hydroxyl groups excluding tert-OH is 1. The first kappa shape index (κ1) is 74.9. The summed E-state index contributed by atoms with van der Waals surface area (Å²) < 4.78 is 0. The second-order valence-corrected chi connectivity index (χ2v) is 25.2. The Morgan fingerprint density at radius 3 is 1.37 bits per heavy atom. The van der Waals surface area contributed by atoms with Gasteiger partial charge in [0.1, 0.15) is 60.4 Å². The van der Waals surface area contributed by atoms with Crippen LogP contribution in [0.4, 0.5) is 0 Å². The molecule has 0 aromatic carbocycles. The summed E-state index contributed by atoms with van der Waals surface area (Å²) in [7, 11) is 8.44. The van der Waals surface area contributed by atoms with E-state index >= 15 is 9.59 Å². The van der Waals surface area contributed by atoms with Crippen LogP contribution in [0.25, 0.3) is 0 Å². The maximum atomic E-state index is 15.1. The lowest BCUT2D eigenvalue weighted by molar-refractivity contribution is -0.157. The van der Waals surface area contributed by atoms with Gasteiger partial charge in [0, 0.05) is 42.3 Å². The lowest BCUT2D eigenvalue weighted by atomic mass is 9.91. The van der Waals surface area contributed by atoms with Crippen LogP contribution in [0.3, 0.4) is 0 Å². The molecule has 474 valence electrons. The van der Waals surface area contributed by atoms with Crippen LogP contribution in [0, 0.1) is 41.4 Å². The van der Waals surface area contributed by atoms with E-state index in [2.05, 4.69) is 26.6 Å². The second-order valence-electron chi connectivity index (χ2n) is 25.2. The first-order valence-electron chi connectivity index (χ1n) is 29.7. The summed E-state index contributed by atoms with van der Waals surface area (Å²) in [5, 5.41) is 25.6. The minimum Gasteiger partial charge on any atom is -0.390 e. The van der Waals surface area contributed by atoms with E-state index in [0.717, 1.165) is 9.80 Å². The molecule has 6 N–H and O–H groups in total. The molecular weight excluding hydrogens is 1070 g/mol. The number of aliphatic hydroxyl groups is 1. The molecule has 11 amide bonds. The largest absolute Gasteiger partial charge is 0.390 e. The van der Waals surface area contributed by atoms with Crippen LogP contribution in [0.1, 0.15) is 150 Å². The van der Waals surface area contributed by atoms with Gasteiger partial charge in [-0.2, -0.15) is 0 Å². The molecule has 23 heteroatoms. The fourth-order valence-corrected chi connectivity index (χ4v) is 10.3. The summed E-state index contributed by atoms with van der Waals surface area (Å²) in [6, 6.07) is -12.4. The highest BCUT2D eigenvalue weighted by atomic mass is 16.3. The summed E-state index contributed by atoms with van der Waals surface area (Å²) in [5.41, 5.74) is 0. The third-order valence-electron chi connectivity index (χ3n) is 15.5. The normalized spacial score (nSPS) is 27.1. The van der Waals surface area contributed by atoms with Gasteiger partial charge in [0.25, 0.3) is 0 Å². The lowest BCUT2D eigenvalue weighted by Gasteiger charge is -2.41. The summed E-state index contributed by atoms with van der Waals surface area (Å²) in [4.78, 5) is 166. The van der Waals surface area contributed by atoms with Crippen molar-refractivity contribution in [1.29, 1.82) is 0 Å². The highest BCUT2D eigenvalue weighted by Crippen LogP contribution is 2.25. The highest BCUT2D eigenvalue weighted by Gasteiger charge is 2.45. The maximum absolute atomic E-state index is 15.1. The van der Waals surface area contributed by atoms with Gasteiger partial charge in [-0.3, -0.25) is 52.7 Å². The van der Waals surface area contributed by atoms with E-state index in [1.807, 2.05) is 41.5 Å². The number of allylic oxidation sites excluding steroid dienone is 2. The molecule has 0 aromatic rings. The van der Waals surface area contributed by atoms with Gasteiger partial charge in [0.15, 0.2) is 0 Å². The van der Waals surface area contributed by atoms with Crippen molar-refractivity contribution in [2.24, 2.45) is 41.4 Å². The van der Waals surface area contributed by atoms with E-state index in [0.29, 0.717) is 6.42 Å². The van der Waals surface area contributed by atoms with Gasteiger partial charge in [0.05, 0.1) is 12.6 Å². The third kappa shape index (κ3) is 21.2. The van der Waals surface area contributed by atoms with Crippen molar-refractivity contribution in [3.63, 3.8) is 0 Å². The van der Waals surface area contributed by atoms with Crippen molar-refractivity contribution in [3.8, 4) is 0 Å². The molecular formula is C60H107N11O12. The molecule has 1 fully saturated rings. The number of hydrogen-bond acceptors (Lipinski definition) is 12. The Hall–Kier alpha value is -6.13. The van der Waals surface area contributed by atoms with Crippen LogP contribution >= 0.6 is 0 Å². The average molecular weight is 1170 g/mol. The number of rotatable bonds is 14. The SMILES string of the molecule is C/C=C/C[C@@H](C)[C@@H](O)[C@H]1C(=O)N[C@@H](CC)C(=O)N(C)CC(=O)N[C@@H](C(C)C)C(=O)N[C@H](C(C)C)C(=O)N(C)[C@H](CC(C)C)C(=O)N[C@@H](C)C(=O)N[C@H](C)C(=O)N(C)[C@@H](CC(C)C)C(=O)N(C)[C@@H](CC(C)C)C(=O)N(C)[C@@H](C(C)C)C(=O)N1C. The van der Waals surface area contributed by atoms with Gasteiger partial charge in [0.2, 0.25) is 65.0 Å². The number of hydrogen-bond donors (Lipinski definition) is 6. The Morgan fingerprint density at radius 2 is 0.916 bits per heavy atom. The summed E-state index contributed by atoms with van der Waals surface area (Å²) in [6.45, 7) is 28.8. The predicted molar refractivity (Wildman–Crippen MR) is 319 cm³/mol. The van der Waals surface area contributed by atoms with E-state index in [9.17, 15) is 48.3 Å². The predicted octanol–water partition coefficient (Wildman–Crippen LogP) is 2.54. The maximum Gasteiger partial charge on any atom is 0.246 e. The Bertz CT molecular complexity index is 2270. The van der Waals surface area contributed by atoms with Gasteiger partial charge >= 0.3 is 0 Å². The molecule has 83 heavy (non-hydrogen) atoms. The first-order valence-corrected chi connectivity index (χ1v) is 29.7. The number of nitrogens with zero attached hydrogens (tertiary/aromatic N) is 6. The lowest BCUT2D eigenvalue weighted by Crippen LogP contribution is -2.63. The zero-order chi connectivity index (χ0) is 64.4. The summed E-state index contributed by atoms with van der Waals surface area (Å²) >= 11 is 0. The average Bonchev–Trinajstić information content (AvgIpc) is 3.53. The van der Waals surface area contributed by atoms with E-state index in [-0.39, 0.29) is 43.4 Å². The molecule has 0 saturated carbocycles. The van der Waals surface area contributed by atoms with E-state index < -0.39 is 162 Å². The molecule has 0 aromatic heterocycles. The molecule has 0 bridgehead atoms. The molecule has 1 saturated heterocycles. The molecule has 0 spiro atoms. The Kier molecular flexibility index (Phi) is 30.7. The van der Waals surface area contributed by atoms with Gasteiger partial charge in [-0.15, -0.1) is 0 Å². The minimum atomic E-state index is -1.61. The van der Waals surface area contributed by atoms with Crippen molar-refractivity contribution in [2.45, 2.75) is 216 Å². The molecule has 0 unspecified atom stereocenters. The quantitative estimate of drug-likeness (QED) is 0.137. The van der Waals surface area contributed by atoms with Crippen molar-refractivity contribution >= 4 is 65.0 Å². The van der Waals surface area contributed by atoms with E-state index in [4.69, 9.17) is 0 Å². The van der Waals surface area contributed by atoms with Gasteiger partial charge in [-0.1, -0.05) is 109 Å². The van der Waals surface area contributed by atoms with Gasteiger partial charge in [-0.25, -0.2) is 0 Å². The van der Waals surface area contributed by atoms with Crippen LogP contribution in [0.2, 0.25) is 0 Å². The molecule has 23 nitrogen and oxygen atoms in total. The molecule has 1 rings (SSSR count). The molecule has 1 heterocycles. The van der Waals surface area contributed by atoms with Crippen molar-refractivity contribution in [3.05, 3.63) is 12.2 Å². The van der Waals surface area contributed by atoms with Crippen molar-refractivity contribution in [2.75, 3.05) is 48.8 Å². The molecule has 0 radical (unpaired) electrons. The summed E-state index contributed by atoms with van der Waals surface area (Å²) in [5.74, 6) is -10.3. The van der Waals surface area contributed by atoms with Gasteiger partial charge in [-0.05, 0) is 94.3 Å². The zero-order valence-corrected chi connectivity index (χ0v) is 54.4. The second kappa shape index (κ2) is 34.0. The van der Waals surface area contributed by atoms with Gasteiger partial charge < -0.3 is 61.1 Å². The van der Waals surface area contributed by atoms with E-state index in [1.54, 1.807) is 74.5 Å². The molecule has 1 aliphatic rings. The summed E-state index contributed by atoms with van der Waals surface area (Å²) in [6.07, 6.45) is 2.87. The Morgan fingerprint density at radius 1 is 0.470 bits per heavy atom. The Balaban J connectivity index is 4.25. The highest BCUT2D eigenvalue weighted by molar-refractivity contribution is 5.99. The topological polar surface area (TPSA) is 288 Å². The smallest absolute Gasteiger partial charge is 0.246 e. The minimum absolute atomic E-state index is 0.0191. The van der Waals surface area contributed by atoms with Crippen molar-refractivity contribution < 1.29 is 57.8 Å². The van der Waals surface area contributed by atoms with Crippen LogP contribution < -0.4 is 26.6 Å². The molecule has 0 aliphatic carbocycles. The third-order valence-corrected chi connectivity index (χ3v) is 15.5. The molecule has 12 atom stereocenters. The number of nitrogens with one attached hydrogen (secondary N) is 5. The van der Waals surface area contributed by atoms with Crippen LogP contribution in [0.5, 0.6) is 0 Å².